The van der Waals surface area contributed by atoms with Crippen LogP contribution in [-0.4, -0.2) is 19.1 Å². The predicted molar refractivity (Wildman–Crippen MR) is 92.6 cm³/mol. The molecule has 2 aromatic carbocycles. The molecule has 0 heterocycles. The second kappa shape index (κ2) is 8.93. The van der Waals surface area contributed by atoms with Crippen molar-refractivity contribution in [3.05, 3.63) is 70.7 Å². The summed E-state index contributed by atoms with van der Waals surface area (Å²) in [6, 6.07) is 15.7. The first kappa shape index (κ1) is 17.8. The lowest BCUT2D eigenvalue weighted by Crippen LogP contribution is -2.38. The second-order valence-electron chi connectivity index (χ2n) is 5.17. The first-order valence-corrected chi connectivity index (χ1v) is 7.87. The van der Waals surface area contributed by atoms with Crippen LogP contribution in [0.5, 0.6) is 0 Å². The van der Waals surface area contributed by atoms with Gasteiger partial charge < -0.3 is 15.4 Å². The van der Waals surface area contributed by atoms with Gasteiger partial charge in [-0.15, -0.1) is 0 Å². The molecule has 2 aromatic rings. The second-order valence-corrected chi connectivity index (χ2v) is 5.57. The monoisotopic (exact) mass is 346 g/mol. The van der Waals surface area contributed by atoms with Crippen molar-refractivity contribution < 1.29 is 14.3 Å². The van der Waals surface area contributed by atoms with Crippen molar-refractivity contribution in [2.75, 3.05) is 7.11 Å². The van der Waals surface area contributed by atoms with Crippen LogP contribution in [-0.2, 0) is 16.1 Å². The lowest BCUT2D eigenvalue weighted by Gasteiger charge is -2.19. The quantitative estimate of drug-likeness (QED) is 0.787. The van der Waals surface area contributed by atoms with Crippen LogP contribution in [0.1, 0.15) is 23.6 Å². The minimum atomic E-state index is -0.568. The first-order chi connectivity index (χ1) is 11.6. The summed E-state index contributed by atoms with van der Waals surface area (Å²) in [7, 11) is 1.31. The SMILES string of the molecule is COC(=O)CC(NC(=O)NCc1ccccc1)c1ccccc1Cl. The van der Waals surface area contributed by atoms with Crippen LogP contribution in [0.3, 0.4) is 0 Å². The Labute approximate surface area is 146 Å². The van der Waals surface area contributed by atoms with Crippen LogP contribution in [0.15, 0.2) is 54.6 Å². The van der Waals surface area contributed by atoms with Gasteiger partial charge in [-0.2, -0.15) is 0 Å². The summed E-state index contributed by atoms with van der Waals surface area (Å²) >= 11 is 6.18. The van der Waals surface area contributed by atoms with E-state index in [2.05, 4.69) is 10.6 Å². The van der Waals surface area contributed by atoms with Crippen molar-refractivity contribution >= 4 is 23.6 Å². The smallest absolute Gasteiger partial charge is 0.315 e. The van der Waals surface area contributed by atoms with Crippen molar-refractivity contribution in [3.8, 4) is 0 Å². The maximum atomic E-state index is 12.2. The van der Waals surface area contributed by atoms with Crippen LogP contribution in [0, 0.1) is 0 Å². The average Bonchev–Trinajstić information content (AvgIpc) is 2.60. The van der Waals surface area contributed by atoms with Crippen molar-refractivity contribution in [1.29, 1.82) is 0 Å². The van der Waals surface area contributed by atoms with Gasteiger partial charge in [0, 0.05) is 11.6 Å². The molecule has 5 nitrogen and oxygen atoms in total. The highest BCUT2D eigenvalue weighted by Crippen LogP contribution is 2.25. The molecule has 0 bridgehead atoms. The highest BCUT2D eigenvalue weighted by atomic mass is 35.5. The van der Waals surface area contributed by atoms with E-state index < -0.39 is 12.0 Å². The zero-order valence-corrected chi connectivity index (χ0v) is 14.0. The van der Waals surface area contributed by atoms with Crippen molar-refractivity contribution in [2.24, 2.45) is 0 Å². The summed E-state index contributed by atoms with van der Waals surface area (Å²) in [6.07, 6.45) is -0.00100. The van der Waals surface area contributed by atoms with E-state index in [1.807, 2.05) is 30.3 Å². The van der Waals surface area contributed by atoms with E-state index in [4.69, 9.17) is 16.3 Å². The zero-order valence-electron chi connectivity index (χ0n) is 13.3. The molecule has 126 valence electrons. The van der Waals surface area contributed by atoms with Crippen LogP contribution >= 0.6 is 11.6 Å². The Bertz CT molecular complexity index is 692. The van der Waals surface area contributed by atoms with Crippen LogP contribution < -0.4 is 10.6 Å². The molecule has 2 N–H and O–H groups in total. The number of carbonyl (C=O) groups is 2. The van der Waals surface area contributed by atoms with Gasteiger partial charge in [0.05, 0.1) is 19.6 Å². The Morgan fingerprint density at radius 2 is 1.75 bits per heavy atom. The number of hydrogen-bond acceptors (Lipinski definition) is 3. The molecule has 0 aromatic heterocycles. The molecule has 0 aliphatic rings. The molecular formula is C18H19ClN2O3. The average molecular weight is 347 g/mol. The van der Waals surface area contributed by atoms with Crippen LogP contribution in [0.2, 0.25) is 5.02 Å². The van der Waals surface area contributed by atoms with Gasteiger partial charge >= 0.3 is 12.0 Å². The number of methoxy groups -OCH3 is 1. The molecule has 0 saturated heterocycles. The fraction of sp³-hybridized carbons (Fsp3) is 0.222. The van der Waals surface area contributed by atoms with Gasteiger partial charge in [0.2, 0.25) is 0 Å². The zero-order chi connectivity index (χ0) is 17.4. The minimum absolute atomic E-state index is 0.00100. The number of urea groups is 1. The number of amides is 2. The number of esters is 1. The number of carbonyl (C=O) groups excluding carboxylic acids is 2. The number of nitrogens with one attached hydrogen (secondary N) is 2. The summed E-state index contributed by atoms with van der Waals surface area (Å²) < 4.78 is 4.70. The molecule has 0 fully saturated rings. The molecule has 24 heavy (non-hydrogen) atoms. The number of hydrogen-bond donors (Lipinski definition) is 2. The van der Waals surface area contributed by atoms with Gasteiger partial charge in [-0.05, 0) is 17.2 Å². The largest absolute Gasteiger partial charge is 0.469 e. The summed E-state index contributed by atoms with van der Waals surface area (Å²) in [6.45, 7) is 0.389. The predicted octanol–water partition coefficient (Wildman–Crippen LogP) is 3.44. The van der Waals surface area contributed by atoms with Gasteiger partial charge in [-0.3, -0.25) is 4.79 Å². The highest BCUT2D eigenvalue weighted by Gasteiger charge is 2.20. The Morgan fingerprint density at radius 1 is 1.08 bits per heavy atom. The molecular weight excluding hydrogens is 328 g/mol. The Hall–Kier alpha value is -2.53. The molecule has 2 amide bonds. The van der Waals surface area contributed by atoms with Gasteiger partial charge in [0.25, 0.3) is 0 Å². The Balaban J connectivity index is 2.03. The molecule has 6 heteroatoms. The number of halogens is 1. The molecule has 0 radical (unpaired) electrons. The first-order valence-electron chi connectivity index (χ1n) is 7.49. The van der Waals surface area contributed by atoms with E-state index in [-0.39, 0.29) is 12.5 Å². The van der Waals surface area contributed by atoms with Gasteiger partial charge in [-0.1, -0.05) is 60.1 Å². The third-order valence-electron chi connectivity index (χ3n) is 3.48. The van der Waals surface area contributed by atoms with E-state index in [1.54, 1.807) is 24.3 Å². The van der Waals surface area contributed by atoms with E-state index in [9.17, 15) is 9.59 Å². The number of rotatable bonds is 6. The van der Waals surface area contributed by atoms with Crippen molar-refractivity contribution in [2.45, 2.75) is 19.0 Å². The lowest BCUT2D eigenvalue weighted by molar-refractivity contribution is -0.141. The van der Waals surface area contributed by atoms with Crippen molar-refractivity contribution in [1.82, 2.24) is 10.6 Å². The lowest BCUT2D eigenvalue weighted by atomic mass is 10.0. The summed E-state index contributed by atoms with van der Waals surface area (Å²) in [5.41, 5.74) is 1.65. The highest BCUT2D eigenvalue weighted by molar-refractivity contribution is 6.31. The summed E-state index contributed by atoms with van der Waals surface area (Å²) in [4.78, 5) is 23.8. The van der Waals surface area contributed by atoms with E-state index in [0.717, 1.165) is 5.56 Å². The summed E-state index contributed by atoms with van der Waals surface area (Å²) in [5.74, 6) is -0.428. The third-order valence-corrected chi connectivity index (χ3v) is 3.82. The fourth-order valence-electron chi connectivity index (χ4n) is 2.23. The molecule has 0 saturated carbocycles. The van der Waals surface area contributed by atoms with Crippen molar-refractivity contribution in [3.63, 3.8) is 0 Å². The maximum absolute atomic E-state index is 12.2. The third kappa shape index (κ3) is 5.28. The molecule has 1 atom stereocenters. The van der Waals surface area contributed by atoms with E-state index in [0.29, 0.717) is 17.1 Å². The molecule has 0 aliphatic heterocycles. The number of benzene rings is 2. The normalized spacial score (nSPS) is 11.4. The minimum Gasteiger partial charge on any atom is -0.469 e. The number of ether oxygens (including phenoxy) is 1. The standard InChI is InChI=1S/C18H19ClN2O3/c1-24-17(22)11-16(14-9-5-6-10-15(14)19)21-18(23)20-12-13-7-3-2-4-8-13/h2-10,16H,11-12H2,1H3,(H2,20,21,23). The topological polar surface area (TPSA) is 67.4 Å². The van der Waals surface area contributed by atoms with Gasteiger partial charge in [0.1, 0.15) is 0 Å². The molecule has 0 spiro atoms. The van der Waals surface area contributed by atoms with Gasteiger partial charge in [0.15, 0.2) is 0 Å². The van der Waals surface area contributed by atoms with Crippen LogP contribution in [0.25, 0.3) is 0 Å². The molecule has 2 rings (SSSR count). The Kier molecular flexibility index (Phi) is 6.63. The molecule has 1 unspecified atom stereocenters. The summed E-state index contributed by atoms with van der Waals surface area (Å²) in [5, 5.41) is 6.02. The Morgan fingerprint density at radius 3 is 2.42 bits per heavy atom. The fourth-order valence-corrected chi connectivity index (χ4v) is 2.50. The maximum Gasteiger partial charge on any atom is 0.315 e. The van der Waals surface area contributed by atoms with Crippen LogP contribution in [0.4, 0.5) is 4.79 Å². The van der Waals surface area contributed by atoms with E-state index >= 15 is 0 Å². The van der Waals surface area contributed by atoms with Gasteiger partial charge in [-0.25, -0.2) is 4.79 Å². The molecule has 0 aliphatic carbocycles. The van der Waals surface area contributed by atoms with E-state index in [1.165, 1.54) is 7.11 Å².